The molecule has 0 radical (unpaired) electrons. The molecule has 20 heavy (non-hydrogen) atoms. The van der Waals surface area contributed by atoms with E-state index in [-0.39, 0.29) is 0 Å². The van der Waals surface area contributed by atoms with E-state index in [4.69, 9.17) is 9.47 Å². The molecule has 1 fully saturated rings. The summed E-state index contributed by atoms with van der Waals surface area (Å²) in [5, 5.41) is 0. The Hall–Kier alpha value is -0.0100. The largest absolute Gasteiger partial charge is 0.378 e. The Labute approximate surface area is 135 Å². The first-order valence-corrected chi connectivity index (χ1v) is 9.47. The monoisotopic (exact) mass is 331 g/mol. The van der Waals surface area contributed by atoms with Gasteiger partial charge in [-0.1, -0.05) is 0 Å². The maximum Gasteiger partial charge on any atom is 0.0700 e. The third-order valence-corrected chi connectivity index (χ3v) is 5.02. The molecule has 6 heteroatoms. The van der Waals surface area contributed by atoms with Crippen molar-refractivity contribution in [2.45, 2.75) is 4.90 Å². The summed E-state index contributed by atoms with van der Waals surface area (Å²) in [5.41, 5.74) is 1.25. The summed E-state index contributed by atoms with van der Waals surface area (Å²) in [6.45, 7) is 3.01. The van der Waals surface area contributed by atoms with Gasteiger partial charge in [0.15, 0.2) is 0 Å². The van der Waals surface area contributed by atoms with E-state index in [1.54, 1.807) is 0 Å². The van der Waals surface area contributed by atoms with E-state index in [0.717, 1.165) is 41.4 Å². The second-order valence-corrected chi connectivity index (χ2v) is 7.02. The van der Waals surface area contributed by atoms with Gasteiger partial charge in [-0.2, -0.15) is 0 Å². The highest BCUT2D eigenvalue weighted by atomic mass is 32.2. The van der Waals surface area contributed by atoms with E-state index >= 15 is 0 Å². The Morgan fingerprint density at radius 3 is 1.95 bits per heavy atom. The van der Waals surface area contributed by atoms with Crippen LogP contribution in [0.2, 0.25) is 0 Å². The van der Waals surface area contributed by atoms with Crippen molar-refractivity contribution in [3.8, 4) is 0 Å². The van der Waals surface area contributed by atoms with Crippen LogP contribution in [-0.4, -0.2) is 49.7 Å². The zero-order valence-electron chi connectivity index (χ0n) is 11.5. The van der Waals surface area contributed by atoms with Gasteiger partial charge in [-0.25, -0.2) is 0 Å². The topological polar surface area (TPSA) is 21.7 Å². The number of ether oxygens (including phenoxy) is 2. The highest BCUT2D eigenvalue weighted by molar-refractivity contribution is 8.00. The molecule has 0 bridgehead atoms. The van der Waals surface area contributed by atoms with Crippen molar-refractivity contribution in [3.05, 3.63) is 24.3 Å². The lowest BCUT2D eigenvalue weighted by atomic mass is 10.3. The second-order valence-electron chi connectivity index (χ2n) is 4.36. The molecule has 1 aromatic carbocycles. The Bertz CT molecular complexity index is 361. The SMILES string of the molecule is Sc1ccc(N2CSCCOCCOCCSC2)cc1. The van der Waals surface area contributed by atoms with E-state index in [9.17, 15) is 0 Å². The van der Waals surface area contributed by atoms with Crippen LogP contribution in [0.1, 0.15) is 0 Å². The lowest BCUT2D eigenvalue weighted by molar-refractivity contribution is 0.0605. The van der Waals surface area contributed by atoms with Crippen LogP contribution in [-0.2, 0) is 9.47 Å². The van der Waals surface area contributed by atoms with Gasteiger partial charge in [0.1, 0.15) is 0 Å². The first-order valence-electron chi connectivity index (χ1n) is 6.71. The smallest absolute Gasteiger partial charge is 0.0700 e. The molecule has 1 aliphatic heterocycles. The predicted molar refractivity (Wildman–Crippen MR) is 92.5 cm³/mol. The summed E-state index contributed by atoms with van der Waals surface area (Å²) >= 11 is 8.16. The van der Waals surface area contributed by atoms with Crippen LogP contribution in [0.3, 0.4) is 0 Å². The number of thiol groups is 1. The van der Waals surface area contributed by atoms with Gasteiger partial charge in [0.25, 0.3) is 0 Å². The van der Waals surface area contributed by atoms with E-state index in [1.165, 1.54) is 5.69 Å². The van der Waals surface area contributed by atoms with E-state index in [0.29, 0.717) is 13.2 Å². The molecule has 0 amide bonds. The van der Waals surface area contributed by atoms with E-state index in [2.05, 4.69) is 29.7 Å². The van der Waals surface area contributed by atoms with Gasteiger partial charge in [-0.3, -0.25) is 0 Å². The molecule has 0 spiro atoms. The van der Waals surface area contributed by atoms with Crippen molar-refractivity contribution in [2.24, 2.45) is 0 Å². The summed E-state index contributed by atoms with van der Waals surface area (Å²) in [6, 6.07) is 8.35. The van der Waals surface area contributed by atoms with Gasteiger partial charge in [0.2, 0.25) is 0 Å². The molecule has 112 valence electrons. The molecule has 0 N–H and O–H groups in total. The van der Waals surface area contributed by atoms with Gasteiger partial charge in [-0.05, 0) is 24.3 Å². The minimum Gasteiger partial charge on any atom is -0.378 e. The van der Waals surface area contributed by atoms with Crippen LogP contribution in [0.15, 0.2) is 29.2 Å². The van der Waals surface area contributed by atoms with Crippen molar-refractivity contribution in [2.75, 3.05) is 54.6 Å². The Kier molecular flexibility index (Phi) is 8.05. The molecular formula is C14H21NO2S3. The van der Waals surface area contributed by atoms with Gasteiger partial charge >= 0.3 is 0 Å². The molecule has 1 aromatic rings. The Morgan fingerprint density at radius 2 is 1.40 bits per heavy atom. The molecule has 1 saturated heterocycles. The fraction of sp³-hybridized carbons (Fsp3) is 0.571. The maximum absolute atomic E-state index is 5.52. The predicted octanol–water partition coefficient (Wildman–Crippen LogP) is 3.21. The summed E-state index contributed by atoms with van der Waals surface area (Å²) in [5.74, 6) is 4.02. The van der Waals surface area contributed by atoms with Crippen LogP contribution in [0.4, 0.5) is 5.69 Å². The van der Waals surface area contributed by atoms with Crippen LogP contribution in [0, 0.1) is 0 Å². The third kappa shape index (κ3) is 6.18. The standard InChI is InChI=1S/C14H21NO2S3/c18-14-3-1-13(2-4-14)15-11-19-9-7-16-5-6-17-8-10-20-12-15/h1-4,18H,5-12H2. The fourth-order valence-corrected chi connectivity index (χ4v) is 3.67. The highest BCUT2D eigenvalue weighted by Gasteiger charge is 2.07. The van der Waals surface area contributed by atoms with Crippen LogP contribution in [0.5, 0.6) is 0 Å². The van der Waals surface area contributed by atoms with Crippen molar-refractivity contribution >= 4 is 41.8 Å². The summed E-state index contributed by atoms with van der Waals surface area (Å²) in [6.07, 6.45) is 0. The van der Waals surface area contributed by atoms with E-state index in [1.807, 2.05) is 35.7 Å². The van der Waals surface area contributed by atoms with Crippen LogP contribution in [0.25, 0.3) is 0 Å². The molecule has 0 saturated carbocycles. The van der Waals surface area contributed by atoms with Crippen molar-refractivity contribution in [1.82, 2.24) is 0 Å². The fourth-order valence-electron chi connectivity index (χ4n) is 1.76. The molecule has 0 aromatic heterocycles. The first kappa shape index (κ1) is 16.4. The number of nitrogens with zero attached hydrogens (tertiary/aromatic N) is 1. The molecule has 1 aliphatic rings. The normalized spacial score (nSPS) is 19.8. The number of anilines is 1. The average molecular weight is 332 g/mol. The Balaban J connectivity index is 1.90. The van der Waals surface area contributed by atoms with Gasteiger partial charge in [0, 0.05) is 22.1 Å². The average Bonchev–Trinajstić information content (AvgIpc) is 2.49. The summed E-state index contributed by atoms with van der Waals surface area (Å²) < 4.78 is 11.0. The lowest BCUT2D eigenvalue weighted by Crippen LogP contribution is -2.23. The van der Waals surface area contributed by atoms with Crippen LogP contribution >= 0.6 is 36.2 Å². The number of benzene rings is 1. The van der Waals surface area contributed by atoms with Gasteiger partial charge in [0.05, 0.1) is 38.2 Å². The highest BCUT2D eigenvalue weighted by Crippen LogP contribution is 2.22. The number of thioether (sulfide) groups is 2. The summed E-state index contributed by atoms with van der Waals surface area (Å²) in [4.78, 5) is 3.39. The number of rotatable bonds is 1. The zero-order valence-corrected chi connectivity index (χ0v) is 14.0. The quantitative estimate of drug-likeness (QED) is 0.796. The zero-order chi connectivity index (χ0) is 14.0. The second kappa shape index (κ2) is 9.84. The van der Waals surface area contributed by atoms with Crippen molar-refractivity contribution in [1.29, 1.82) is 0 Å². The minimum absolute atomic E-state index is 0.707. The minimum atomic E-state index is 0.707. The molecule has 2 rings (SSSR count). The Morgan fingerprint density at radius 1 is 0.850 bits per heavy atom. The lowest BCUT2D eigenvalue weighted by Gasteiger charge is -2.24. The first-order chi connectivity index (χ1) is 9.86. The van der Waals surface area contributed by atoms with Gasteiger partial charge in [-0.15, -0.1) is 36.2 Å². The molecule has 0 atom stereocenters. The van der Waals surface area contributed by atoms with Crippen molar-refractivity contribution in [3.63, 3.8) is 0 Å². The van der Waals surface area contributed by atoms with Gasteiger partial charge < -0.3 is 14.4 Å². The third-order valence-electron chi connectivity index (χ3n) is 2.83. The van der Waals surface area contributed by atoms with Crippen molar-refractivity contribution < 1.29 is 9.47 Å². The number of hydrogen-bond acceptors (Lipinski definition) is 6. The molecule has 3 nitrogen and oxygen atoms in total. The number of hydrogen-bond donors (Lipinski definition) is 1. The van der Waals surface area contributed by atoms with E-state index < -0.39 is 0 Å². The molecule has 0 unspecified atom stereocenters. The summed E-state index contributed by atoms with van der Waals surface area (Å²) in [7, 11) is 0. The van der Waals surface area contributed by atoms with Crippen LogP contribution < -0.4 is 4.90 Å². The maximum atomic E-state index is 5.52. The molecule has 1 heterocycles. The molecular weight excluding hydrogens is 310 g/mol. The molecule has 0 aliphatic carbocycles.